The molecule has 2 rings (SSSR count). The number of likely N-dealkylation sites (N-methyl/N-ethyl adjacent to an activating group) is 1. The van der Waals surface area contributed by atoms with E-state index in [1.165, 1.54) is 23.1 Å². The number of thioether (sulfide) groups is 1. The Morgan fingerprint density at radius 3 is 2.62 bits per heavy atom. The molecule has 0 fully saturated rings. The van der Waals surface area contributed by atoms with Crippen molar-refractivity contribution in [2.75, 3.05) is 38.2 Å². The van der Waals surface area contributed by atoms with Crippen molar-refractivity contribution in [2.24, 2.45) is 5.92 Å². The van der Waals surface area contributed by atoms with Gasteiger partial charge in [-0.05, 0) is 30.7 Å². The minimum absolute atomic E-state index is 0.707. The lowest BCUT2D eigenvalue weighted by Crippen LogP contribution is -2.25. The summed E-state index contributed by atoms with van der Waals surface area (Å²) < 4.78 is 14.5. The highest BCUT2D eigenvalue weighted by Gasteiger charge is 2.18. The maximum Gasteiger partial charge on any atom is 0.414 e. The summed E-state index contributed by atoms with van der Waals surface area (Å²) in [5.74, 6) is -0.0126. The molecule has 8 nitrogen and oxygen atoms in total. The average molecular weight is 404 g/mol. The molecule has 0 bridgehead atoms. The zero-order chi connectivity index (χ0) is 19.5. The minimum Gasteiger partial charge on any atom is -0.475 e. The van der Waals surface area contributed by atoms with Crippen LogP contribution >= 0.6 is 23.5 Å². The van der Waals surface area contributed by atoms with Crippen molar-refractivity contribution in [2.45, 2.75) is 20.3 Å². The van der Waals surface area contributed by atoms with Crippen LogP contribution in [0.25, 0.3) is 5.57 Å². The Morgan fingerprint density at radius 2 is 2.04 bits per heavy atom. The van der Waals surface area contributed by atoms with Gasteiger partial charge in [0.2, 0.25) is 0 Å². The first-order valence-electron chi connectivity index (χ1n) is 8.18. The SMILES string of the molecule is CC(C)CSCCOc1nsnc1C1=CCCN(C)C1.O=C(O)C(=O)O. The monoisotopic (exact) mass is 403 g/mol. The molecule has 26 heavy (non-hydrogen) atoms. The molecule has 0 spiro atoms. The summed E-state index contributed by atoms with van der Waals surface area (Å²) in [6.45, 7) is 7.23. The minimum atomic E-state index is -1.82. The summed E-state index contributed by atoms with van der Waals surface area (Å²) in [4.78, 5) is 20.5. The molecular formula is C16H25N3O5S2. The Hall–Kier alpha value is -1.65. The average Bonchev–Trinajstić information content (AvgIpc) is 3.03. The molecule has 2 heterocycles. The largest absolute Gasteiger partial charge is 0.475 e. The second kappa shape index (κ2) is 11.9. The number of aliphatic carboxylic acids is 2. The molecule has 0 amide bonds. The van der Waals surface area contributed by atoms with E-state index in [0.29, 0.717) is 12.5 Å². The van der Waals surface area contributed by atoms with Gasteiger partial charge in [0.1, 0.15) is 5.69 Å². The number of hydrogen-bond donors (Lipinski definition) is 2. The molecule has 2 N–H and O–H groups in total. The van der Waals surface area contributed by atoms with Gasteiger partial charge in [-0.2, -0.15) is 16.1 Å². The zero-order valence-electron chi connectivity index (χ0n) is 15.2. The second-order valence-corrected chi connectivity index (χ2v) is 7.78. The van der Waals surface area contributed by atoms with Crippen LogP contribution in [-0.4, -0.2) is 74.0 Å². The van der Waals surface area contributed by atoms with E-state index >= 15 is 0 Å². The highest BCUT2D eigenvalue weighted by molar-refractivity contribution is 7.99. The van der Waals surface area contributed by atoms with Crippen LogP contribution in [0.1, 0.15) is 26.0 Å². The fraction of sp³-hybridized carbons (Fsp3) is 0.625. The summed E-state index contributed by atoms with van der Waals surface area (Å²) in [5.41, 5.74) is 2.19. The lowest BCUT2D eigenvalue weighted by molar-refractivity contribution is -0.159. The van der Waals surface area contributed by atoms with Crippen LogP contribution in [0.5, 0.6) is 5.88 Å². The molecule has 0 saturated carbocycles. The van der Waals surface area contributed by atoms with Gasteiger partial charge in [-0.15, -0.1) is 4.37 Å². The first kappa shape index (κ1) is 22.4. The van der Waals surface area contributed by atoms with E-state index in [9.17, 15) is 0 Å². The summed E-state index contributed by atoms with van der Waals surface area (Å²) >= 11 is 3.17. The third-order valence-electron chi connectivity index (χ3n) is 3.20. The zero-order valence-corrected chi connectivity index (χ0v) is 16.8. The fourth-order valence-electron chi connectivity index (χ4n) is 2.05. The van der Waals surface area contributed by atoms with E-state index in [-0.39, 0.29) is 0 Å². The molecule has 0 unspecified atom stereocenters. The van der Waals surface area contributed by atoms with Crippen molar-refractivity contribution in [3.8, 4) is 5.88 Å². The van der Waals surface area contributed by atoms with E-state index < -0.39 is 11.9 Å². The van der Waals surface area contributed by atoms with Crippen molar-refractivity contribution in [3.05, 3.63) is 11.8 Å². The predicted molar refractivity (Wildman–Crippen MR) is 103 cm³/mol. The molecule has 0 atom stereocenters. The number of carboxylic acids is 2. The van der Waals surface area contributed by atoms with Crippen molar-refractivity contribution >= 4 is 41.0 Å². The van der Waals surface area contributed by atoms with E-state index in [0.717, 1.165) is 36.9 Å². The van der Waals surface area contributed by atoms with Crippen molar-refractivity contribution in [1.82, 2.24) is 13.6 Å². The Balaban J connectivity index is 0.000000487. The molecule has 10 heteroatoms. The number of nitrogens with zero attached hydrogens (tertiary/aromatic N) is 3. The first-order valence-corrected chi connectivity index (χ1v) is 10.1. The van der Waals surface area contributed by atoms with Gasteiger partial charge in [0.05, 0.1) is 18.3 Å². The van der Waals surface area contributed by atoms with E-state index in [4.69, 9.17) is 24.5 Å². The van der Waals surface area contributed by atoms with E-state index in [1.54, 1.807) is 0 Å². The van der Waals surface area contributed by atoms with Gasteiger partial charge in [0.25, 0.3) is 5.88 Å². The van der Waals surface area contributed by atoms with E-state index in [2.05, 4.69) is 40.6 Å². The molecule has 0 aromatic carbocycles. The first-order chi connectivity index (χ1) is 12.3. The second-order valence-electron chi connectivity index (χ2n) is 6.10. The number of ether oxygens (including phenoxy) is 1. The van der Waals surface area contributed by atoms with Gasteiger partial charge < -0.3 is 19.8 Å². The van der Waals surface area contributed by atoms with Gasteiger partial charge in [-0.1, -0.05) is 19.9 Å². The van der Waals surface area contributed by atoms with Gasteiger partial charge in [0, 0.05) is 18.8 Å². The number of carbonyl (C=O) groups is 2. The van der Waals surface area contributed by atoms with Crippen molar-refractivity contribution in [1.29, 1.82) is 0 Å². The summed E-state index contributed by atoms with van der Waals surface area (Å²) in [6, 6.07) is 0. The third-order valence-corrected chi connectivity index (χ3v) is 5.07. The Kier molecular flexibility index (Phi) is 10.2. The number of rotatable bonds is 7. The number of aromatic nitrogens is 2. The molecule has 1 aliphatic heterocycles. The maximum absolute atomic E-state index is 9.10. The smallest absolute Gasteiger partial charge is 0.414 e. The van der Waals surface area contributed by atoms with Crippen LogP contribution in [0.2, 0.25) is 0 Å². The van der Waals surface area contributed by atoms with Crippen LogP contribution < -0.4 is 4.74 Å². The summed E-state index contributed by atoms with van der Waals surface area (Å²) in [6.07, 6.45) is 3.34. The van der Waals surface area contributed by atoms with Crippen LogP contribution in [0, 0.1) is 5.92 Å². The lowest BCUT2D eigenvalue weighted by Gasteiger charge is -2.22. The quantitative estimate of drug-likeness (QED) is 0.522. The molecule has 146 valence electrons. The van der Waals surface area contributed by atoms with Gasteiger partial charge in [-0.3, -0.25) is 0 Å². The number of hydrogen-bond acceptors (Lipinski definition) is 8. The van der Waals surface area contributed by atoms with E-state index in [1.807, 2.05) is 11.8 Å². The molecular weight excluding hydrogens is 378 g/mol. The van der Waals surface area contributed by atoms with Crippen LogP contribution in [0.3, 0.4) is 0 Å². The fourth-order valence-corrected chi connectivity index (χ4v) is 3.42. The maximum atomic E-state index is 9.10. The predicted octanol–water partition coefficient (Wildman–Crippen LogP) is 2.18. The van der Waals surface area contributed by atoms with Gasteiger partial charge >= 0.3 is 11.9 Å². The van der Waals surface area contributed by atoms with Crippen LogP contribution in [0.4, 0.5) is 0 Å². The standard InChI is InChI=1S/C14H23N3OS2.C2H2O4/c1-11(2)10-19-8-7-18-14-13(15-20-16-14)12-5-4-6-17(3)9-12;3-1(4)2(5)6/h5,11H,4,6-10H2,1-3H3;(H,3,4)(H,5,6). The Bertz CT molecular complexity index is 607. The van der Waals surface area contributed by atoms with Crippen molar-refractivity contribution in [3.63, 3.8) is 0 Å². The summed E-state index contributed by atoms with van der Waals surface area (Å²) in [5, 5.41) is 14.8. The number of carboxylic acid groups (broad SMARTS) is 2. The van der Waals surface area contributed by atoms with Crippen LogP contribution in [-0.2, 0) is 9.59 Å². The van der Waals surface area contributed by atoms with Gasteiger partial charge in [-0.25, -0.2) is 9.59 Å². The van der Waals surface area contributed by atoms with Crippen molar-refractivity contribution < 1.29 is 24.5 Å². The topological polar surface area (TPSA) is 113 Å². The summed E-state index contributed by atoms with van der Waals surface area (Å²) in [7, 11) is 2.13. The molecule has 1 aliphatic rings. The highest BCUT2D eigenvalue weighted by atomic mass is 32.2. The third kappa shape index (κ3) is 8.63. The normalized spacial score (nSPS) is 14.4. The Labute approximate surface area is 161 Å². The molecule has 0 radical (unpaired) electrons. The molecule has 0 saturated heterocycles. The molecule has 0 aliphatic carbocycles. The Morgan fingerprint density at radius 1 is 1.35 bits per heavy atom. The molecule has 1 aromatic heterocycles. The van der Waals surface area contributed by atoms with Gasteiger partial charge in [0.15, 0.2) is 0 Å². The highest BCUT2D eigenvalue weighted by Crippen LogP contribution is 2.27. The van der Waals surface area contributed by atoms with Crippen LogP contribution in [0.15, 0.2) is 6.08 Å². The lowest BCUT2D eigenvalue weighted by atomic mass is 10.1. The molecule has 1 aromatic rings.